The van der Waals surface area contributed by atoms with E-state index in [1.165, 1.54) is 24.8 Å². The molecule has 1 unspecified atom stereocenters. The molecule has 0 spiro atoms. The van der Waals surface area contributed by atoms with E-state index >= 15 is 0 Å². The van der Waals surface area contributed by atoms with Crippen molar-refractivity contribution in [2.75, 3.05) is 0 Å². The Labute approximate surface area is 83.4 Å². The second kappa shape index (κ2) is 3.81. The molecule has 2 rings (SSSR count). The molecule has 13 heavy (non-hydrogen) atoms. The van der Waals surface area contributed by atoms with Gasteiger partial charge in [-0.15, -0.1) is 11.3 Å². The van der Waals surface area contributed by atoms with Gasteiger partial charge >= 0.3 is 0 Å². The Morgan fingerprint density at radius 2 is 2.38 bits per heavy atom. The molecular formula is C11H16OS. The van der Waals surface area contributed by atoms with Crippen molar-refractivity contribution in [2.45, 2.75) is 38.7 Å². The monoisotopic (exact) mass is 196 g/mol. The zero-order valence-electron chi connectivity index (χ0n) is 7.99. The summed E-state index contributed by atoms with van der Waals surface area (Å²) in [4.78, 5) is 1.14. The number of rotatable bonds is 3. The van der Waals surface area contributed by atoms with E-state index in [1.54, 1.807) is 11.3 Å². The highest BCUT2D eigenvalue weighted by Crippen LogP contribution is 2.36. The maximum atomic E-state index is 9.88. The van der Waals surface area contributed by atoms with E-state index in [4.69, 9.17) is 0 Å². The van der Waals surface area contributed by atoms with Crippen LogP contribution in [0.15, 0.2) is 11.4 Å². The summed E-state index contributed by atoms with van der Waals surface area (Å²) in [7, 11) is 0. The van der Waals surface area contributed by atoms with Gasteiger partial charge in [-0.1, -0.05) is 19.3 Å². The van der Waals surface area contributed by atoms with Gasteiger partial charge in [-0.25, -0.2) is 0 Å². The lowest BCUT2D eigenvalue weighted by Gasteiger charge is -2.27. The highest BCUT2D eigenvalue weighted by molar-refractivity contribution is 7.10. The lowest BCUT2D eigenvalue weighted by Crippen LogP contribution is -2.14. The molecule has 1 saturated carbocycles. The van der Waals surface area contributed by atoms with Gasteiger partial charge in [0.1, 0.15) is 0 Å². The van der Waals surface area contributed by atoms with Gasteiger partial charge in [-0.3, -0.25) is 0 Å². The van der Waals surface area contributed by atoms with E-state index in [0.29, 0.717) is 0 Å². The van der Waals surface area contributed by atoms with Gasteiger partial charge in [-0.2, -0.15) is 0 Å². The lowest BCUT2D eigenvalue weighted by atomic mass is 9.81. The van der Waals surface area contributed by atoms with Crippen LogP contribution in [-0.4, -0.2) is 5.11 Å². The minimum absolute atomic E-state index is 0.205. The molecule has 1 aliphatic carbocycles. The fourth-order valence-corrected chi connectivity index (χ4v) is 2.69. The Hall–Kier alpha value is -0.340. The third-order valence-electron chi connectivity index (χ3n) is 2.86. The zero-order valence-corrected chi connectivity index (χ0v) is 8.81. The van der Waals surface area contributed by atoms with E-state index in [0.717, 1.165) is 17.2 Å². The molecule has 1 aliphatic rings. The Balaban J connectivity index is 1.92. The van der Waals surface area contributed by atoms with Crippen molar-refractivity contribution < 1.29 is 5.11 Å². The topological polar surface area (TPSA) is 20.2 Å². The average Bonchev–Trinajstić information content (AvgIpc) is 2.44. The van der Waals surface area contributed by atoms with E-state index in [-0.39, 0.29) is 6.10 Å². The molecular weight excluding hydrogens is 180 g/mol. The number of hydrogen-bond donors (Lipinski definition) is 1. The van der Waals surface area contributed by atoms with Crippen LogP contribution in [0.3, 0.4) is 0 Å². The first-order valence-electron chi connectivity index (χ1n) is 4.99. The molecule has 0 aliphatic heterocycles. The quantitative estimate of drug-likeness (QED) is 0.786. The van der Waals surface area contributed by atoms with Gasteiger partial charge in [0.05, 0.1) is 6.10 Å². The summed E-state index contributed by atoms with van der Waals surface area (Å²) < 4.78 is 0. The molecule has 0 amide bonds. The fraction of sp³-hybridized carbons (Fsp3) is 0.636. The summed E-state index contributed by atoms with van der Waals surface area (Å²) in [6.45, 7) is 2.08. The van der Waals surface area contributed by atoms with Gasteiger partial charge in [-0.05, 0) is 36.3 Å². The molecule has 0 saturated heterocycles. The average molecular weight is 196 g/mol. The van der Waals surface area contributed by atoms with Gasteiger partial charge < -0.3 is 5.11 Å². The van der Waals surface area contributed by atoms with Crippen LogP contribution < -0.4 is 0 Å². The third-order valence-corrected chi connectivity index (χ3v) is 4.01. The zero-order chi connectivity index (χ0) is 9.26. The first kappa shape index (κ1) is 9.22. The smallest absolute Gasteiger partial charge is 0.0884 e. The van der Waals surface area contributed by atoms with Gasteiger partial charge in [0, 0.05) is 4.88 Å². The molecule has 1 N–H and O–H groups in total. The molecule has 0 bridgehead atoms. The molecule has 2 heteroatoms. The van der Waals surface area contributed by atoms with Crippen LogP contribution >= 0.6 is 11.3 Å². The SMILES string of the molecule is Cc1csc(C(O)CC2CCC2)c1. The van der Waals surface area contributed by atoms with Gasteiger partial charge in [0.25, 0.3) is 0 Å². The first-order chi connectivity index (χ1) is 6.25. The Bertz CT molecular complexity index is 275. The second-order valence-electron chi connectivity index (χ2n) is 4.07. The number of aliphatic hydroxyl groups is 1. The lowest BCUT2D eigenvalue weighted by molar-refractivity contribution is 0.121. The van der Waals surface area contributed by atoms with Crippen LogP contribution in [0, 0.1) is 12.8 Å². The van der Waals surface area contributed by atoms with Gasteiger partial charge in [0.2, 0.25) is 0 Å². The molecule has 0 radical (unpaired) electrons. The largest absolute Gasteiger partial charge is 0.388 e. The minimum Gasteiger partial charge on any atom is -0.388 e. The standard InChI is InChI=1S/C11H16OS/c1-8-5-11(13-7-8)10(12)6-9-3-2-4-9/h5,7,9-10,12H,2-4,6H2,1H3. The van der Waals surface area contributed by atoms with Crippen molar-refractivity contribution in [2.24, 2.45) is 5.92 Å². The highest BCUT2D eigenvalue weighted by Gasteiger charge is 2.22. The minimum atomic E-state index is -0.205. The van der Waals surface area contributed by atoms with Crippen LogP contribution in [0.5, 0.6) is 0 Å². The number of thiophene rings is 1. The van der Waals surface area contributed by atoms with Crippen LogP contribution in [-0.2, 0) is 0 Å². The van der Waals surface area contributed by atoms with Crippen LogP contribution in [0.1, 0.15) is 42.2 Å². The Kier molecular flexibility index (Phi) is 2.70. The van der Waals surface area contributed by atoms with Crippen LogP contribution in [0.2, 0.25) is 0 Å². The van der Waals surface area contributed by atoms with Crippen molar-refractivity contribution in [3.8, 4) is 0 Å². The molecule has 72 valence electrons. The molecule has 1 heterocycles. The van der Waals surface area contributed by atoms with Gasteiger partial charge in [0.15, 0.2) is 0 Å². The van der Waals surface area contributed by atoms with Crippen molar-refractivity contribution in [3.05, 3.63) is 21.9 Å². The summed E-state index contributed by atoms with van der Waals surface area (Å²) in [5, 5.41) is 12.0. The molecule has 1 aromatic heterocycles. The maximum absolute atomic E-state index is 9.88. The molecule has 0 aromatic carbocycles. The predicted octanol–water partition coefficient (Wildman–Crippen LogP) is 3.28. The van der Waals surface area contributed by atoms with Crippen molar-refractivity contribution in [1.82, 2.24) is 0 Å². The number of aliphatic hydroxyl groups excluding tert-OH is 1. The van der Waals surface area contributed by atoms with E-state index in [9.17, 15) is 5.11 Å². The molecule has 1 fully saturated rings. The summed E-state index contributed by atoms with van der Waals surface area (Å²) in [6.07, 6.45) is 4.77. The van der Waals surface area contributed by atoms with Crippen molar-refractivity contribution in [3.63, 3.8) is 0 Å². The normalized spacial score (nSPS) is 19.8. The first-order valence-corrected chi connectivity index (χ1v) is 5.87. The summed E-state index contributed by atoms with van der Waals surface area (Å²) in [5.41, 5.74) is 1.27. The molecule has 1 nitrogen and oxygen atoms in total. The number of aryl methyl sites for hydroxylation is 1. The fourth-order valence-electron chi connectivity index (χ4n) is 1.79. The molecule has 1 aromatic rings. The van der Waals surface area contributed by atoms with Crippen LogP contribution in [0.25, 0.3) is 0 Å². The summed E-state index contributed by atoms with van der Waals surface area (Å²) in [5.74, 6) is 0.789. The molecule has 1 atom stereocenters. The predicted molar refractivity (Wildman–Crippen MR) is 56.0 cm³/mol. The maximum Gasteiger partial charge on any atom is 0.0884 e. The highest BCUT2D eigenvalue weighted by atomic mass is 32.1. The third kappa shape index (κ3) is 2.12. The van der Waals surface area contributed by atoms with E-state index in [2.05, 4.69) is 18.4 Å². The number of hydrogen-bond acceptors (Lipinski definition) is 2. The summed E-state index contributed by atoms with van der Waals surface area (Å²) >= 11 is 1.68. The second-order valence-corrected chi connectivity index (χ2v) is 5.02. The van der Waals surface area contributed by atoms with Crippen molar-refractivity contribution in [1.29, 1.82) is 0 Å². The Morgan fingerprint density at radius 3 is 2.85 bits per heavy atom. The Morgan fingerprint density at radius 1 is 1.62 bits per heavy atom. The van der Waals surface area contributed by atoms with Crippen LogP contribution in [0.4, 0.5) is 0 Å². The van der Waals surface area contributed by atoms with Crippen molar-refractivity contribution >= 4 is 11.3 Å². The van der Waals surface area contributed by atoms with E-state index in [1.807, 2.05) is 0 Å². The van der Waals surface area contributed by atoms with E-state index < -0.39 is 0 Å². The summed E-state index contributed by atoms with van der Waals surface area (Å²) in [6, 6.07) is 2.11.